The van der Waals surface area contributed by atoms with Crippen molar-refractivity contribution in [1.29, 1.82) is 0 Å². The molecule has 0 bridgehead atoms. The number of aromatic amines is 1. The maximum absolute atomic E-state index is 11.2. The monoisotopic (exact) mass is 221 g/mol. The SMILES string of the molecule is O=c1[nH]nc2cc(OC3CCNC3)ncn12. The summed E-state index contributed by atoms with van der Waals surface area (Å²) in [6, 6.07) is 1.65. The number of nitrogens with one attached hydrogen (secondary N) is 2. The minimum Gasteiger partial charge on any atom is -0.473 e. The molecule has 1 aliphatic heterocycles. The van der Waals surface area contributed by atoms with Crippen molar-refractivity contribution in [3.8, 4) is 5.88 Å². The first-order chi connectivity index (χ1) is 7.83. The first kappa shape index (κ1) is 9.34. The third-order valence-corrected chi connectivity index (χ3v) is 2.59. The van der Waals surface area contributed by atoms with E-state index in [2.05, 4.69) is 20.5 Å². The van der Waals surface area contributed by atoms with E-state index in [4.69, 9.17) is 4.74 Å². The Kier molecular flexibility index (Phi) is 2.10. The van der Waals surface area contributed by atoms with E-state index in [1.54, 1.807) is 6.07 Å². The Bertz CT molecular complexity index is 554. The van der Waals surface area contributed by atoms with Crippen molar-refractivity contribution in [1.82, 2.24) is 24.9 Å². The summed E-state index contributed by atoms with van der Waals surface area (Å²) >= 11 is 0. The van der Waals surface area contributed by atoms with Crippen molar-refractivity contribution in [3.63, 3.8) is 0 Å². The van der Waals surface area contributed by atoms with Gasteiger partial charge in [0, 0.05) is 12.6 Å². The second-order valence-corrected chi connectivity index (χ2v) is 3.72. The average molecular weight is 221 g/mol. The highest BCUT2D eigenvalue weighted by Crippen LogP contribution is 2.12. The van der Waals surface area contributed by atoms with Gasteiger partial charge in [-0.2, -0.15) is 5.10 Å². The lowest BCUT2D eigenvalue weighted by molar-refractivity contribution is 0.214. The van der Waals surface area contributed by atoms with Crippen LogP contribution in [0.3, 0.4) is 0 Å². The number of hydrogen-bond donors (Lipinski definition) is 2. The van der Waals surface area contributed by atoms with Crippen LogP contribution in [-0.4, -0.2) is 38.8 Å². The maximum Gasteiger partial charge on any atom is 0.348 e. The molecule has 7 heteroatoms. The van der Waals surface area contributed by atoms with E-state index < -0.39 is 0 Å². The van der Waals surface area contributed by atoms with Crippen LogP contribution < -0.4 is 15.7 Å². The van der Waals surface area contributed by atoms with Gasteiger partial charge in [0.1, 0.15) is 12.4 Å². The maximum atomic E-state index is 11.2. The molecule has 0 radical (unpaired) electrons. The van der Waals surface area contributed by atoms with E-state index in [-0.39, 0.29) is 11.8 Å². The van der Waals surface area contributed by atoms with Gasteiger partial charge in [-0.15, -0.1) is 0 Å². The third-order valence-electron chi connectivity index (χ3n) is 2.59. The van der Waals surface area contributed by atoms with Crippen molar-refractivity contribution in [2.75, 3.05) is 13.1 Å². The van der Waals surface area contributed by atoms with Gasteiger partial charge in [0.25, 0.3) is 0 Å². The van der Waals surface area contributed by atoms with Crippen LogP contribution in [0.15, 0.2) is 17.2 Å². The summed E-state index contributed by atoms with van der Waals surface area (Å²) in [6.45, 7) is 1.80. The van der Waals surface area contributed by atoms with E-state index in [1.807, 2.05) is 0 Å². The van der Waals surface area contributed by atoms with E-state index in [0.717, 1.165) is 19.5 Å². The van der Waals surface area contributed by atoms with Gasteiger partial charge in [-0.1, -0.05) is 0 Å². The van der Waals surface area contributed by atoms with Crippen LogP contribution in [0.25, 0.3) is 5.65 Å². The molecular weight excluding hydrogens is 210 g/mol. The zero-order valence-electron chi connectivity index (χ0n) is 8.51. The number of rotatable bonds is 2. The van der Waals surface area contributed by atoms with Crippen LogP contribution in [-0.2, 0) is 0 Å². The number of H-pyrrole nitrogens is 1. The minimum atomic E-state index is -0.295. The largest absolute Gasteiger partial charge is 0.473 e. The number of aromatic nitrogens is 4. The first-order valence-corrected chi connectivity index (χ1v) is 5.13. The summed E-state index contributed by atoms with van der Waals surface area (Å²) in [5, 5.41) is 9.39. The molecule has 0 saturated carbocycles. The van der Waals surface area contributed by atoms with Gasteiger partial charge in [-0.3, -0.25) is 0 Å². The predicted molar refractivity (Wildman–Crippen MR) is 55.5 cm³/mol. The predicted octanol–water partition coefficient (Wildman–Crippen LogP) is -0.842. The van der Waals surface area contributed by atoms with Gasteiger partial charge in [-0.25, -0.2) is 19.3 Å². The molecule has 0 spiro atoms. The Labute approximate surface area is 90.5 Å². The topological polar surface area (TPSA) is 84.3 Å². The van der Waals surface area contributed by atoms with Crippen LogP contribution in [0.2, 0.25) is 0 Å². The van der Waals surface area contributed by atoms with Gasteiger partial charge in [-0.05, 0) is 13.0 Å². The van der Waals surface area contributed by atoms with Crippen molar-refractivity contribution >= 4 is 5.65 Å². The molecule has 1 fully saturated rings. The van der Waals surface area contributed by atoms with E-state index in [9.17, 15) is 4.79 Å². The summed E-state index contributed by atoms with van der Waals surface area (Å²) in [6.07, 6.45) is 2.54. The number of nitrogens with zero attached hydrogens (tertiary/aromatic N) is 3. The zero-order valence-corrected chi connectivity index (χ0v) is 8.51. The molecule has 1 aliphatic rings. The smallest absolute Gasteiger partial charge is 0.348 e. The highest BCUT2D eigenvalue weighted by Gasteiger charge is 2.16. The van der Waals surface area contributed by atoms with Crippen LogP contribution in [0, 0.1) is 0 Å². The summed E-state index contributed by atoms with van der Waals surface area (Å²) in [5.41, 5.74) is 0.220. The highest BCUT2D eigenvalue weighted by atomic mass is 16.5. The highest BCUT2D eigenvalue weighted by molar-refractivity contribution is 5.39. The molecule has 84 valence electrons. The van der Waals surface area contributed by atoms with Gasteiger partial charge in [0.05, 0.1) is 0 Å². The molecule has 0 amide bonds. The van der Waals surface area contributed by atoms with E-state index in [1.165, 1.54) is 10.7 Å². The lowest BCUT2D eigenvalue weighted by atomic mass is 10.3. The number of fused-ring (bicyclic) bond motifs is 1. The molecular formula is C9H11N5O2. The van der Waals surface area contributed by atoms with Crippen molar-refractivity contribution in [2.45, 2.75) is 12.5 Å². The standard InChI is InChI=1S/C9H11N5O2/c15-9-13-12-7-3-8(11-5-14(7)9)16-6-1-2-10-4-6/h3,5-6,10H,1-2,4H2,(H,13,15). The Balaban J connectivity index is 1.89. The van der Waals surface area contributed by atoms with Gasteiger partial charge in [0.2, 0.25) is 5.88 Å². The van der Waals surface area contributed by atoms with E-state index in [0.29, 0.717) is 11.5 Å². The fraction of sp³-hybridized carbons (Fsp3) is 0.444. The average Bonchev–Trinajstić information content (AvgIpc) is 2.90. The van der Waals surface area contributed by atoms with Gasteiger partial charge < -0.3 is 10.1 Å². The normalized spacial score (nSPS) is 20.4. The molecule has 1 saturated heterocycles. The van der Waals surface area contributed by atoms with Gasteiger partial charge >= 0.3 is 5.69 Å². The fourth-order valence-electron chi connectivity index (χ4n) is 1.76. The fourth-order valence-corrected chi connectivity index (χ4v) is 1.76. The molecule has 1 unspecified atom stereocenters. The van der Waals surface area contributed by atoms with E-state index >= 15 is 0 Å². The number of ether oxygens (including phenoxy) is 1. The summed E-state index contributed by atoms with van der Waals surface area (Å²) < 4.78 is 6.98. The minimum absolute atomic E-state index is 0.153. The van der Waals surface area contributed by atoms with Crippen LogP contribution in [0.4, 0.5) is 0 Å². The Hall–Kier alpha value is -1.89. The molecule has 0 aromatic carbocycles. The molecule has 2 aromatic rings. The molecule has 0 aliphatic carbocycles. The van der Waals surface area contributed by atoms with Crippen LogP contribution in [0.5, 0.6) is 5.88 Å². The van der Waals surface area contributed by atoms with Crippen molar-refractivity contribution < 1.29 is 4.74 Å². The lowest BCUT2D eigenvalue weighted by Gasteiger charge is -2.10. The first-order valence-electron chi connectivity index (χ1n) is 5.13. The second-order valence-electron chi connectivity index (χ2n) is 3.72. The van der Waals surface area contributed by atoms with Crippen LogP contribution in [0.1, 0.15) is 6.42 Å². The molecule has 16 heavy (non-hydrogen) atoms. The second kappa shape index (κ2) is 3.60. The summed E-state index contributed by atoms with van der Waals surface area (Å²) in [5.74, 6) is 0.500. The molecule has 1 atom stereocenters. The van der Waals surface area contributed by atoms with Crippen molar-refractivity contribution in [2.24, 2.45) is 0 Å². The Morgan fingerprint density at radius 1 is 1.56 bits per heavy atom. The Morgan fingerprint density at radius 3 is 3.31 bits per heavy atom. The van der Waals surface area contributed by atoms with Gasteiger partial charge in [0.15, 0.2) is 5.65 Å². The molecule has 3 rings (SSSR count). The zero-order chi connectivity index (χ0) is 11.0. The third kappa shape index (κ3) is 1.54. The Morgan fingerprint density at radius 2 is 2.50 bits per heavy atom. The molecule has 2 aromatic heterocycles. The molecule has 7 nitrogen and oxygen atoms in total. The lowest BCUT2D eigenvalue weighted by Crippen LogP contribution is -2.20. The van der Waals surface area contributed by atoms with Crippen molar-refractivity contribution in [3.05, 3.63) is 22.9 Å². The number of hydrogen-bond acceptors (Lipinski definition) is 5. The molecule has 2 N–H and O–H groups in total. The summed E-state index contributed by atoms with van der Waals surface area (Å²) in [7, 11) is 0. The summed E-state index contributed by atoms with van der Waals surface area (Å²) in [4.78, 5) is 15.2. The quantitative estimate of drug-likeness (QED) is 0.690. The molecule has 3 heterocycles. The van der Waals surface area contributed by atoms with Crippen LogP contribution >= 0.6 is 0 Å².